The van der Waals surface area contributed by atoms with E-state index in [-0.39, 0.29) is 4.21 Å². The molecule has 0 aliphatic heterocycles. The number of hydrogen-bond acceptors (Lipinski definition) is 5. The molecule has 0 fully saturated rings. The predicted molar refractivity (Wildman–Crippen MR) is 81.5 cm³/mol. The van der Waals surface area contributed by atoms with Gasteiger partial charge in [0.1, 0.15) is 0 Å². The summed E-state index contributed by atoms with van der Waals surface area (Å²) in [7, 11) is -3.53. The Hall–Kier alpha value is -1.44. The second-order valence-electron chi connectivity index (χ2n) is 4.28. The summed E-state index contributed by atoms with van der Waals surface area (Å²) in [4.78, 5) is 3.96. The van der Waals surface area contributed by atoms with Crippen LogP contribution in [0.2, 0.25) is 0 Å². The zero-order valence-electron chi connectivity index (χ0n) is 11.4. The van der Waals surface area contributed by atoms with Gasteiger partial charge < -0.3 is 5.32 Å². The van der Waals surface area contributed by atoms with Crippen molar-refractivity contribution in [3.05, 3.63) is 41.0 Å². The van der Waals surface area contributed by atoms with Crippen LogP contribution in [0.5, 0.6) is 0 Å². The van der Waals surface area contributed by atoms with Crippen LogP contribution in [-0.2, 0) is 16.6 Å². The number of benzene rings is 1. The molecule has 0 aliphatic rings. The number of aromatic nitrogens is 1. The number of sulfonamides is 1. The van der Waals surface area contributed by atoms with Crippen LogP contribution in [0.15, 0.2) is 34.7 Å². The quantitative estimate of drug-likeness (QED) is 0.859. The van der Waals surface area contributed by atoms with Gasteiger partial charge in [-0.3, -0.25) is 4.72 Å². The number of aryl methyl sites for hydroxylation is 1. The second kappa shape index (κ2) is 6.34. The van der Waals surface area contributed by atoms with E-state index < -0.39 is 10.0 Å². The summed E-state index contributed by atoms with van der Waals surface area (Å²) < 4.78 is 27.0. The number of hydrogen-bond donors (Lipinski definition) is 2. The van der Waals surface area contributed by atoms with Crippen LogP contribution in [0.1, 0.15) is 17.5 Å². The van der Waals surface area contributed by atoms with Crippen LogP contribution in [0.4, 0.5) is 5.69 Å². The van der Waals surface area contributed by atoms with Crippen LogP contribution in [-0.4, -0.2) is 19.9 Å². The molecule has 0 aliphatic carbocycles. The fourth-order valence-electron chi connectivity index (χ4n) is 1.63. The molecule has 0 bridgehead atoms. The summed E-state index contributed by atoms with van der Waals surface area (Å²) in [6.45, 7) is 5.50. The van der Waals surface area contributed by atoms with Crippen LogP contribution in [0.25, 0.3) is 0 Å². The number of thiazole rings is 1. The molecule has 2 aromatic rings. The Kier molecular flexibility index (Phi) is 4.74. The predicted octanol–water partition coefficient (Wildman–Crippen LogP) is 2.36. The van der Waals surface area contributed by atoms with Crippen LogP contribution >= 0.6 is 11.3 Å². The lowest BCUT2D eigenvalue weighted by molar-refractivity contribution is 0.603. The van der Waals surface area contributed by atoms with Crippen molar-refractivity contribution < 1.29 is 8.42 Å². The maximum absolute atomic E-state index is 12.1. The van der Waals surface area contributed by atoms with Gasteiger partial charge in [0.15, 0.2) is 4.21 Å². The molecule has 0 amide bonds. The molecule has 1 heterocycles. The molecule has 1 aromatic heterocycles. The van der Waals surface area contributed by atoms with E-state index in [9.17, 15) is 8.42 Å². The smallest absolute Gasteiger partial charge is 0.273 e. The first kappa shape index (κ1) is 15.0. The molecule has 0 atom stereocenters. The molecular weight excluding hydrogens is 294 g/mol. The maximum Gasteiger partial charge on any atom is 0.273 e. The van der Waals surface area contributed by atoms with Crippen molar-refractivity contribution in [2.24, 2.45) is 0 Å². The number of nitrogens with one attached hydrogen (secondary N) is 2. The fraction of sp³-hybridized carbons (Fsp3) is 0.308. The number of rotatable bonds is 6. The molecule has 0 spiro atoms. The average Bonchev–Trinajstić information content (AvgIpc) is 2.85. The molecule has 0 saturated heterocycles. The molecule has 5 nitrogen and oxygen atoms in total. The first-order valence-electron chi connectivity index (χ1n) is 6.26. The molecule has 7 heteroatoms. The Morgan fingerprint density at radius 1 is 1.25 bits per heavy atom. The van der Waals surface area contributed by atoms with Gasteiger partial charge in [0.05, 0.1) is 11.2 Å². The first-order valence-corrected chi connectivity index (χ1v) is 8.56. The summed E-state index contributed by atoms with van der Waals surface area (Å²) in [5.74, 6) is 0. The van der Waals surface area contributed by atoms with Crippen molar-refractivity contribution in [1.82, 2.24) is 10.3 Å². The molecule has 1 aromatic carbocycles. The Labute approximate surface area is 123 Å². The molecule has 108 valence electrons. The minimum absolute atomic E-state index is 0.228. The van der Waals surface area contributed by atoms with Crippen molar-refractivity contribution >= 4 is 27.0 Å². The highest BCUT2D eigenvalue weighted by Crippen LogP contribution is 2.21. The second-order valence-corrected chi connectivity index (χ2v) is 7.43. The molecular formula is C13H17N3O2S2. The monoisotopic (exact) mass is 311 g/mol. The van der Waals surface area contributed by atoms with Gasteiger partial charge in [-0.15, -0.1) is 11.3 Å². The van der Waals surface area contributed by atoms with Gasteiger partial charge in [-0.1, -0.05) is 19.1 Å². The Morgan fingerprint density at radius 3 is 2.50 bits per heavy atom. The van der Waals surface area contributed by atoms with Crippen molar-refractivity contribution in [2.75, 3.05) is 11.3 Å². The van der Waals surface area contributed by atoms with Crippen LogP contribution < -0.4 is 10.0 Å². The standard InChI is InChI=1S/C13H17N3O2S2/c1-3-14-8-11-4-6-12(7-5-11)16-20(17,18)13-9-15-10(2)19-13/h4-7,9,14,16H,3,8H2,1-2H3. The molecule has 2 N–H and O–H groups in total. The van der Waals surface area contributed by atoms with Gasteiger partial charge in [-0.05, 0) is 31.2 Å². The Bertz CT molecular complexity index is 663. The Balaban J connectivity index is 2.09. The lowest BCUT2D eigenvalue weighted by atomic mass is 10.2. The summed E-state index contributed by atoms with van der Waals surface area (Å²) >= 11 is 1.16. The summed E-state index contributed by atoms with van der Waals surface area (Å²) in [6.07, 6.45) is 1.38. The first-order chi connectivity index (χ1) is 9.51. The highest BCUT2D eigenvalue weighted by Gasteiger charge is 2.16. The van der Waals surface area contributed by atoms with Gasteiger partial charge in [0.2, 0.25) is 0 Å². The summed E-state index contributed by atoms with van der Waals surface area (Å²) in [5.41, 5.74) is 1.67. The van der Waals surface area contributed by atoms with Gasteiger partial charge in [-0.2, -0.15) is 0 Å². The van der Waals surface area contributed by atoms with Crippen molar-refractivity contribution in [2.45, 2.75) is 24.6 Å². The maximum atomic E-state index is 12.1. The minimum Gasteiger partial charge on any atom is -0.313 e. The van der Waals surface area contributed by atoms with E-state index in [1.807, 2.05) is 19.1 Å². The topological polar surface area (TPSA) is 71.1 Å². The molecule has 0 radical (unpaired) electrons. The van der Waals surface area contributed by atoms with E-state index in [0.717, 1.165) is 35.0 Å². The third kappa shape index (κ3) is 3.78. The third-order valence-corrected chi connectivity index (χ3v) is 5.41. The molecule has 0 unspecified atom stereocenters. The van der Waals surface area contributed by atoms with E-state index in [4.69, 9.17) is 0 Å². The summed E-state index contributed by atoms with van der Waals surface area (Å²) in [5, 5.41) is 3.94. The van der Waals surface area contributed by atoms with Gasteiger partial charge in [-0.25, -0.2) is 13.4 Å². The highest BCUT2D eigenvalue weighted by atomic mass is 32.2. The lowest BCUT2D eigenvalue weighted by Crippen LogP contribution is -2.13. The van der Waals surface area contributed by atoms with Crippen molar-refractivity contribution in [3.63, 3.8) is 0 Å². The lowest BCUT2D eigenvalue weighted by Gasteiger charge is -2.07. The van der Waals surface area contributed by atoms with Gasteiger partial charge in [0, 0.05) is 12.2 Å². The number of nitrogens with zero attached hydrogens (tertiary/aromatic N) is 1. The molecule has 0 saturated carbocycles. The SMILES string of the molecule is CCNCc1ccc(NS(=O)(=O)c2cnc(C)s2)cc1. The third-order valence-electron chi connectivity index (χ3n) is 2.65. The fourth-order valence-corrected chi connectivity index (χ4v) is 3.80. The normalized spacial score (nSPS) is 11.5. The largest absolute Gasteiger partial charge is 0.313 e. The van der Waals surface area contributed by atoms with E-state index in [1.54, 1.807) is 19.1 Å². The summed E-state index contributed by atoms with van der Waals surface area (Å²) in [6, 6.07) is 7.33. The van der Waals surface area contributed by atoms with E-state index >= 15 is 0 Å². The van der Waals surface area contributed by atoms with Crippen LogP contribution in [0, 0.1) is 6.92 Å². The van der Waals surface area contributed by atoms with Crippen molar-refractivity contribution in [3.8, 4) is 0 Å². The minimum atomic E-state index is -3.53. The molecule has 20 heavy (non-hydrogen) atoms. The highest BCUT2D eigenvalue weighted by molar-refractivity contribution is 7.94. The number of anilines is 1. The van der Waals surface area contributed by atoms with Gasteiger partial charge in [0.25, 0.3) is 10.0 Å². The van der Waals surface area contributed by atoms with E-state index in [1.165, 1.54) is 6.20 Å². The van der Waals surface area contributed by atoms with E-state index in [0.29, 0.717) is 5.69 Å². The van der Waals surface area contributed by atoms with Gasteiger partial charge >= 0.3 is 0 Å². The Morgan fingerprint density at radius 2 is 1.95 bits per heavy atom. The average molecular weight is 311 g/mol. The van der Waals surface area contributed by atoms with Crippen molar-refractivity contribution in [1.29, 1.82) is 0 Å². The van der Waals surface area contributed by atoms with Crippen LogP contribution in [0.3, 0.4) is 0 Å². The van der Waals surface area contributed by atoms with E-state index in [2.05, 4.69) is 15.0 Å². The zero-order chi connectivity index (χ0) is 14.6. The zero-order valence-corrected chi connectivity index (χ0v) is 13.0. The molecule has 2 rings (SSSR count).